The van der Waals surface area contributed by atoms with E-state index in [1.54, 1.807) is 30.1 Å². The van der Waals surface area contributed by atoms with Gasteiger partial charge in [-0.05, 0) is 36.6 Å². The molecule has 1 aliphatic carbocycles. The smallest absolute Gasteiger partial charge is 0.231 e. The van der Waals surface area contributed by atoms with Crippen LogP contribution in [0.4, 0.5) is 4.39 Å². The molecular formula is C17H20FN3O2. The maximum atomic E-state index is 13.1. The first-order valence-corrected chi connectivity index (χ1v) is 7.61. The van der Waals surface area contributed by atoms with Gasteiger partial charge in [-0.15, -0.1) is 0 Å². The van der Waals surface area contributed by atoms with Gasteiger partial charge in [0.15, 0.2) is 0 Å². The molecule has 3 rings (SSSR count). The molecule has 1 aromatic carbocycles. The van der Waals surface area contributed by atoms with Crippen molar-refractivity contribution in [3.63, 3.8) is 0 Å². The summed E-state index contributed by atoms with van der Waals surface area (Å²) >= 11 is 0. The number of methoxy groups -OCH3 is 1. The van der Waals surface area contributed by atoms with E-state index in [1.165, 1.54) is 12.1 Å². The summed E-state index contributed by atoms with van der Waals surface area (Å²) in [5.41, 5.74) is 1.20. The summed E-state index contributed by atoms with van der Waals surface area (Å²) in [6.07, 6.45) is 3.24. The zero-order valence-electron chi connectivity index (χ0n) is 13.3. The Bertz CT molecular complexity index is 692. The van der Waals surface area contributed by atoms with E-state index in [0.29, 0.717) is 6.61 Å². The van der Waals surface area contributed by atoms with Crippen LogP contribution in [0.2, 0.25) is 0 Å². The van der Waals surface area contributed by atoms with Crippen LogP contribution in [0.15, 0.2) is 36.5 Å². The second-order valence-electron chi connectivity index (χ2n) is 5.95. The highest BCUT2D eigenvalue weighted by atomic mass is 19.1. The number of nitrogens with zero attached hydrogens (tertiary/aromatic N) is 2. The second-order valence-corrected chi connectivity index (χ2v) is 5.95. The maximum Gasteiger partial charge on any atom is 0.231 e. The molecule has 1 N–H and O–H groups in total. The molecule has 1 aromatic heterocycles. The van der Waals surface area contributed by atoms with E-state index < -0.39 is 5.41 Å². The van der Waals surface area contributed by atoms with Gasteiger partial charge >= 0.3 is 0 Å². The molecule has 0 bridgehead atoms. The number of halogens is 1. The average molecular weight is 317 g/mol. The molecule has 1 aliphatic rings. The average Bonchev–Trinajstić information content (AvgIpc) is 3.24. The van der Waals surface area contributed by atoms with Crippen molar-refractivity contribution in [1.29, 1.82) is 0 Å². The third kappa shape index (κ3) is 2.99. The van der Waals surface area contributed by atoms with Crippen molar-refractivity contribution in [1.82, 2.24) is 15.1 Å². The highest BCUT2D eigenvalue weighted by Crippen LogP contribution is 2.48. The van der Waals surface area contributed by atoms with Crippen LogP contribution < -0.4 is 5.32 Å². The molecule has 0 aliphatic heterocycles. The summed E-state index contributed by atoms with van der Waals surface area (Å²) in [6, 6.07) is 7.78. The van der Waals surface area contributed by atoms with Crippen LogP contribution >= 0.6 is 0 Å². The zero-order valence-corrected chi connectivity index (χ0v) is 13.3. The fourth-order valence-electron chi connectivity index (χ4n) is 2.93. The lowest BCUT2D eigenvalue weighted by Crippen LogP contribution is -2.39. The van der Waals surface area contributed by atoms with Crippen molar-refractivity contribution in [2.24, 2.45) is 7.05 Å². The minimum atomic E-state index is -0.543. The minimum absolute atomic E-state index is 0.0487. The summed E-state index contributed by atoms with van der Waals surface area (Å²) in [7, 11) is 3.43. The van der Waals surface area contributed by atoms with Crippen LogP contribution in [0.5, 0.6) is 0 Å². The van der Waals surface area contributed by atoms with Crippen molar-refractivity contribution in [3.8, 4) is 0 Å². The van der Waals surface area contributed by atoms with Gasteiger partial charge in [0, 0.05) is 20.4 Å². The van der Waals surface area contributed by atoms with Gasteiger partial charge < -0.3 is 10.1 Å². The number of carbonyl (C=O) groups is 1. The number of aryl methyl sites for hydroxylation is 1. The van der Waals surface area contributed by atoms with Gasteiger partial charge in [0.1, 0.15) is 5.82 Å². The SMILES string of the molecule is COC[C@H](NC(=O)C1(c2ccc(F)cc2)CC1)c1ccnn1C. The molecule has 2 aromatic rings. The van der Waals surface area contributed by atoms with Crippen molar-refractivity contribution in [3.05, 3.63) is 53.6 Å². The van der Waals surface area contributed by atoms with Crippen LogP contribution in [-0.2, 0) is 22.0 Å². The fraction of sp³-hybridized carbons (Fsp3) is 0.412. The number of benzene rings is 1. The summed E-state index contributed by atoms with van der Waals surface area (Å²) in [5.74, 6) is -0.343. The molecule has 1 fully saturated rings. The first-order valence-electron chi connectivity index (χ1n) is 7.61. The van der Waals surface area contributed by atoms with E-state index in [-0.39, 0.29) is 17.8 Å². The Morgan fingerprint density at radius 3 is 2.61 bits per heavy atom. The molecule has 1 atom stereocenters. The molecule has 6 heteroatoms. The molecule has 1 saturated carbocycles. The third-order valence-electron chi connectivity index (χ3n) is 4.44. The molecule has 1 heterocycles. The van der Waals surface area contributed by atoms with Gasteiger partial charge in [0.2, 0.25) is 5.91 Å². The molecule has 0 spiro atoms. The molecule has 0 saturated heterocycles. The van der Waals surface area contributed by atoms with Gasteiger partial charge in [0.25, 0.3) is 0 Å². The van der Waals surface area contributed by atoms with Crippen LogP contribution in [-0.4, -0.2) is 29.4 Å². The Morgan fingerprint density at radius 1 is 1.39 bits per heavy atom. The molecular weight excluding hydrogens is 297 g/mol. The quantitative estimate of drug-likeness (QED) is 0.887. The molecule has 1 amide bonds. The Hall–Kier alpha value is -2.21. The highest BCUT2D eigenvalue weighted by molar-refractivity contribution is 5.91. The van der Waals surface area contributed by atoms with Crippen LogP contribution in [0, 0.1) is 5.82 Å². The predicted molar refractivity (Wildman–Crippen MR) is 83.3 cm³/mol. The summed E-state index contributed by atoms with van der Waals surface area (Å²) in [6.45, 7) is 0.366. The first kappa shape index (κ1) is 15.7. The lowest BCUT2D eigenvalue weighted by atomic mass is 9.94. The van der Waals surface area contributed by atoms with Crippen molar-refractivity contribution >= 4 is 5.91 Å². The largest absolute Gasteiger partial charge is 0.382 e. The van der Waals surface area contributed by atoms with E-state index in [2.05, 4.69) is 10.4 Å². The van der Waals surface area contributed by atoms with E-state index in [1.807, 2.05) is 13.1 Å². The number of ether oxygens (including phenoxy) is 1. The van der Waals surface area contributed by atoms with Crippen molar-refractivity contribution < 1.29 is 13.9 Å². The number of rotatable bonds is 6. The third-order valence-corrected chi connectivity index (χ3v) is 4.44. The Morgan fingerprint density at radius 2 is 2.09 bits per heavy atom. The fourth-order valence-corrected chi connectivity index (χ4v) is 2.93. The standard InChI is InChI=1S/C17H20FN3O2/c1-21-15(7-10-19-21)14(11-23-2)20-16(22)17(8-9-17)12-3-5-13(18)6-4-12/h3-7,10,14H,8-9,11H2,1-2H3,(H,20,22)/t14-/m0/s1. The Kier molecular flexibility index (Phi) is 4.17. The number of hydrogen-bond acceptors (Lipinski definition) is 3. The molecule has 0 radical (unpaired) electrons. The van der Waals surface area contributed by atoms with Crippen molar-refractivity contribution in [2.75, 3.05) is 13.7 Å². The zero-order chi connectivity index (χ0) is 16.4. The number of carbonyl (C=O) groups excluding carboxylic acids is 1. The van der Waals surface area contributed by atoms with Crippen LogP contribution in [0.1, 0.15) is 30.1 Å². The summed E-state index contributed by atoms with van der Waals surface area (Å²) in [4.78, 5) is 12.8. The maximum absolute atomic E-state index is 13.1. The molecule has 0 unspecified atom stereocenters. The van der Waals surface area contributed by atoms with Crippen LogP contribution in [0.25, 0.3) is 0 Å². The monoisotopic (exact) mass is 317 g/mol. The topological polar surface area (TPSA) is 56.1 Å². The van der Waals surface area contributed by atoms with Gasteiger partial charge in [-0.3, -0.25) is 9.48 Å². The summed E-state index contributed by atoms with van der Waals surface area (Å²) in [5, 5.41) is 7.20. The molecule has 122 valence electrons. The minimum Gasteiger partial charge on any atom is -0.382 e. The van der Waals surface area contributed by atoms with Gasteiger partial charge in [-0.1, -0.05) is 12.1 Å². The number of aromatic nitrogens is 2. The Labute approximate surface area is 134 Å². The molecule has 23 heavy (non-hydrogen) atoms. The number of amides is 1. The van der Waals surface area contributed by atoms with E-state index in [0.717, 1.165) is 24.1 Å². The molecule has 5 nitrogen and oxygen atoms in total. The van der Waals surface area contributed by atoms with Crippen LogP contribution in [0.3, 0.4) is 0 Å². The van der Waals surface area contributed by atoms with Gasteiger partial charge in [-0.2, -0.15) is 5.10 Å². The lowest BCUT2D eigenvalue weighted by molar-refractivity contribution is -0.124. The van der Waals surface area contributed by atoms with E-state index >= 15 is 0 Å². The highest BCUT2D eigenvalue weighted by Gasteiger charge is 2.51. The summed E-state index contributed by atoms with van der Waals surface area (Å²) < 4.78 is 20.1. The lowest BCUT2D eigenvalue weighted by Gasteiger charge is -2.22. The number of hydrogen-bond donors (Lipinski definition) is 1. The van der Waals surface area contributed by atoms with E-state index in [4.69, 9.17) is 4.74 Å². The second kappa shape index (κ2) is 6.12. The normalized spacial score (nSPS) is 16.8. The van der Waals surface area contributed by atoms with Gasteiger partial charge in [0.05, 0.1) is 23.8 Å². The van der Waals surface area contributed by atoms with Gasteiger partial charge in [-0.25, -0.2) is 4.39 Å². The van der Waals surface area contributed by atoms with Crippen molar-refractivity contribution in [2.45, 2.75) is 24.3 Å². The first-order chi connectivity index (χ1) is 11.1. The van der Waals surface area contributed by atoms with E-state index in [9.17, 15) is 9.18 Å². The Balaban J connectivity index is 1.79. The number of nitrogens with one attached hydrogen (secondary N) is 1. The predicted octanol–water partition coefficient (Wildman–Crippen LogP) is 2.09.